The molecule has 0 aromatic carbocycles. The van der Waals surface area contributed by atoms with Gasteiger partial charge in [0, 0.05) is 36.8 Å². The topological polar surface area (TPSA) is 137 Å². The summed E-state index contributed by atoms with van der Waals surface area (Å²) in [5.74, 6) is -0.820. The van der Waals surface area contributed by atoms with E-state index < -0.39 is 15.7 Å². The van der Waals surface area contributed by atoms with E-state index in [0.29, 0.717) is 36.9 Å². The lowest BCUT2D eigenvalue weighted by atomic mass is 9.94. The maximum atomic E-state index is 14.2. The standard InChI is InChI=1S/C22H27FN6O3S/c1-13(2)27-19-9-20(29-21-18(23)8-14(10-24)11-26-21)25-12-17(19)22(30)28-15-4-6-16(7-5-15)33(3,31)32/h8-9,11-13,15-16H,4-7H2,1-3H3,(H,28,30)(H2,25,26,27,29). The molecular formula is C22H27FN6O3S. The van der Waals surface area contributed by atoms with Gasteiger partial charge < -0.3 is 16.0 Å². The largest absolute Gasteiger partial charge is 0.382 e. The third-order valence-corrected chi connectivity index (χ3v) is 7.11. The Morgan fingerprint density at radius 3 is 2.45 bits per heavy atom. The molecule has 33 heavy (non-hydrogen) atoms. The zero-order valence-corrected chi connectivity index (χ0v) is 19.5. The Hall–Kier alpha value is -3.26. The van der Waals surface area contributed by atoms with Crippen LogP contribution in [-0.2, 0) is 9.84 Å². The lowest BCUT2D eigenvalue weighted by Gasteiger charge is -2.28. The highest BCUT2D eigenvalue weighted by Crippen LogP contribution is 2.26. The van der Waals surface area contributed by atoms with Crippen molar-refractivity contribution in [1.82, 2.24) is 15.3 Å². The van der Waals surface area contributed by atoms with Gasteiger partial charge in [0.2, 0.25) is 0 Å². The monoisotopic (exact) mass is 474 g/mol. The van der Waals surface area contributed by atoms with E-state index in [1.807, 2.05) is 19.9 Å². The van der Waals surface area contributed by atoms with Gasteiger partial charge in [-0.25, -0.2) is 22.8 Å². The molecule has 0 radical (unpaired) electrons. The second kappa shape index (κ2) is 10.1. The van der Waals surface area contributed by atoms with Gasteiger partial charge >= 0.3 is 0 Å². The molecule has 0 spiro atoms. The highest BCUT2D eigenvalue weighted by molar-refractivity contribution is 7.91. The molecule has 0 bridgehead atoms. The molecule has 1 fully saturated rings. The molecule has 3 N–H and O–H groups in total. The molecule has 0 saturated heterocycles. The average molecular weight is 475 g/mol. The zero-order chi connectivity index (χ0) is 24.2. The predicted molar refractivity (Wildman–Crippen MR) is 124 cm³/mol. The number of carbonyl (C=O) groups excluding carboxylic acids is 1. The van der Waals surface area contributed by atoms with Crippen LogP contribution in [0.3, 0.4) is 0 Å². The number of halogens is 1. The summed E-state index contributed by atoms with van der Waals surface area (Å²) in [6.07, 6.45) is 6.11. The summed E-state index contributed by atoms with van der Waals surface area (Å²) in [5.41, 5.74) is 0.942. The van der Waals surface area contributed by atoms with Crippen molar-refractivity contribution in [3.8, 4) is 6.07 Å². The molecule has 1 amide bonds. The highest BCUT2D eigenvalue weighted by atomic mass is 32.2. The average Bonchev–Trinajstić information content (AvgIpc) is 2.74. The first kappa shape index (κ1) is 24.4. The minimum atomic E-state index is -3.08. The quantitative estimate of drug-likeness (QED) is 0.557. The van der Waals surface area contributed by atoms with Crippen molar-refractivity contribution in [1.29, 1.82) is 5.26 Å². The van der Waals surface area contributed by atoms with Crippen LogP contribution in [0.2, 0.25) is 0 Å². The fourth-order valence-corrected chi connectivity index (χ4v) is 4.87. The number of hydrogen-bond acceptors (Lipinski definition) is 8. The van der Waals surface area contributed by atoms with E-state index in [-0.39, 0.29) is 40.4 Å². The van der Waals surface area contributed by atoms with Crippen LogP contribution < -0.4 is 16.0 Å². The normalized spacial score (nSPS) is 18.4. The number of nitriles is 1. The van der Waals surface area contributed by atoms with Crippen LogP contribution >= 0.6 is 0 Å². The molecule has 176 valence electrons. The number of anilines is 3. The number of amides is 1. The minimum absolute atomic E-state index is 0.0155. The summed E-state index contributed by atoms with van der Waals surface area (Å²) in [7, 11) is -3.08. The molecule has 2 heterocycles. The van der Waals surface area contributed by atoms with Crippen LogP contribution in [0.15, 0.2) is 24.5 Å². The van der Waals surface area contributed by atoms with E-state index in [1.165, 1.54) is 18.6 Å². The van der Waals surface area contributed by atoms with Crippen LogP contribution in [0.5, 0.6) is 0 Å². The maximum absolute atomic E-state index is 14.2. The molecule has 1 aliphatic rings. The molecule has 9 nitrogen and oxygen atoms in total. The van der Waals surface area contributed by atoms with Gasteiger partial charge in [0.25, 0.3) is 5.91 Å². The Morgan fingerprint density at radius 1 is 1.18 bits per heavy atom. The second-order valence-corrected chi connectivity index (χ2v) is 10.8. The van der Waals surface area contributed by atoms with Gasteiger partial charge in [0.1, 0.15) is 21.7 Å². The summed E-state index contributed by atoms with van der Waals surface area (Å²) >= 11 is 0. The molecular weight excluding hydrogens is 447 g/mol. The first-order valence-corrected chi connectivity index (χ1v) is 12.6. The summed E-state index contributed by atoms with van der Waals surface area (Å²) in [5, 5.41) is 17.4. The molecule has 2 aromatic heterocycles. The van der Waals surface area contributed by atoms with Gasteiger partial charge in [0.05, 0.1) is 22.1 Å². The number of aromatic nitrogens is 2. The molecule has 11 heteroatoms. The molecule has 1 saturated carbocycles. The van der Waals surface area contributed by atoms with E-state index in [1.54, 1.807) is 6.07 Å². The Morgan fingerprint density at radius 2 is 1.88 bits per heavy atom. The SMILES string of the molecule is CC(C)Nc1cc(Nc2ncc(C#N)cc2F)ncc1C(=O)NC1CCC(S(C)(=O)=O)CC1. The highest BCUT2D eigenvalue weighted by Gasteiger charge is 2.29. The van der Waals surface area contributed by atoms with E-state index in [0.717, 1.165) is 6.07 Å². The van der Waals surface area contributed by atoms with Gasteiger partial charge in [-0.05, 0) is 45.6 Å². The minimum Gasteiger partial charge on any atom is -0.382 e. The lowest BCUT2D eigenvalue weighted by Crippen LogP contribution is -2.40. The smallest absolute Gasteiger partial charge is 0.255 e. The molecule has 0 unspecified atom stereocenters. The summed E-state index contributed by atoms with van der Waals surface area (Å²) in [4.78, 5) is 21.1. The van der Waals surface area contributed by atoms with Crippen molar-refractivity contribution in [2.45, 2.75) is 56.9 Å². The Bertz CT molecular complexity index is 1170. The maximum Gasteiger partial charge on any atom is 0.255 e. The van der Waals surface area contributed by atoms with Crippen LogP contribution in [0.4, 0.5) is 21.7 Å². The number of nitrogens with one attached hydrogen (secondary N) is 3. The Labute approximate surface area is 192 Å². The fraction of sp³-hybridized carbons (Fsp3) is 0.455. The van der Waals surface area contributed by atoms with Crippen molar-refractivity contribution in [2.75, 3.05) is 16.9 Å². The fourth-order valence-electron chi connectivity index (χ4n) is 3.75. The van der Waals surface area contributed by atoms with Crippen LogP contribution in [0, 0.1) is 17.1 Å². The van der Waals surface area contributed by atoms with Crippen molar-refractivity contribution < 1.29 is 17.6 Å². The molecule has 0 aliphatic heterocycles. The van der Waals surface area contributed by atoms with Gasteiger partial charge in [0.15, 0.2) is 11.6 Å². The van der Waals surface area contributed by atoms with E-state index in [9.17, 15) is 17.6 Å². The third-order valence-electron chi connectivity index (χ3n) is 5.42. The first-order chi connectivity index (χ1) is 15.6. The van der Waals surface area contributed by atoms with E-state index in [2.05, 4.69) is 25.9 Å². The summed E-state index contributed by atoms with van der Waals surface area (Å²) in [6.45, 7) is 3.84. The van der Waals surface area contributed by atoms with Crippen molar-refractivity contribution in [3.63, 3.8) is 0 Å². The van der Waals surface area contributed by atoms with Gasteiger partial charge in [-0.15, -0.1) is 0 Å². The summed E-state index contributed by atoms with van der Waals surface area (Å²) in [6, 6.07) is 4.39. The lowest BCUT2D eigenvalue weighted by molar-refractivity contribution is 0.0928. The third kappa shape index (κ3) is 6.38. The number of pyridine rings is 2. The molecule has 3 rings (SSSR count). The number of sulfone groups is 1. The van der Waals surface area contributed by atoms with Crippen LogP contribution in [-0.4, -0.2) is 47.9 Å². The molecule has 1 aliphatic carbocycles. The second-order valence-electron chi connectivity index (χ2n) is 8.48. The predicted octanol–water partition coefficient (Wildman–Crippen LogP) is 3.14. The zero-order valence-electron chi connectivity index (χ0n) is 18.7. The van der Waals surface area contributed by atoms with Crippen molar-refractivity contribution >= 4 is 33.1 Å². The van der Waals surface area contributed by atoms with Crippen molar-refractivity contribution in [3.05, 3.63) is 41.5 Å². The van der Waals surface area contributed by atoms with E-state index in [4.69, 9.17) is 5.26 Å². The molecule has 0 atom stereocenters. The number of nitrogens with zero attached hydrogens (tertiary/aromatic N) is 3. The molecule has 2 aromatic rings. The van der Waals surface area contributed by atoms with E-state index >= 15 is 0 Å². The van der Waals surface area contributed by atoms with Crippen molar-refractivity contribution in [2.24, 2.45) is 0 Å². The first-order valence-electron chi connectivity index (χ1n) is 10.7. The Balaban J connectivity index is 1.75. The Kier molecular flexibility index (Phi) is 7.48. The number of carbonyl (C=O) groups is 1. The number of hydrogen-bond donors (Lipinski definition) is 3. The van der Waals surface area contributed by atoms with Gasteiger partial charge in [-0.2, -0.15) is 5.26 Å². The number of rotatable bonds is 7. The van der Waals surface area contributed by atoms with Gasteiger partial charge in [-0.3, -0.25) is 4.79 Å². The van der Waals surface area contributed by atoms with Crippen LogP contribution in [0.25, 0.3) is 0 Å². The van der Waals surface area contributed by atoms with Gasteiger partial charge in [-0.1, -0.05) is 0 Å². The summed E-state index contributed by atoms with van der Waals surface area (Å²) < 4.78 is 37.7. The van der Waals surface area contributed by atoms with Crippen LogP contribution in [0.1, 0.15) is 55.5 Å².